The van der Waals surface area contributed by atoms with Gasteiger partial charge in [0.05, 0.1) is 27.5 Å². The topological polar surface area (TPSA) is 57.6 Å². The van der Waals surface area contributed by atoms with E-state index < -0.39 is 5.97 Å². The molecule has 1 amide bonds. The van der Waals surface area contributed by atoms with Crippen LogP contribution < -0.4 is 4.90 Å². The Morgan fingerprint density at radius 1 is 1.06 bits per heavy atom. The van der Waals surface area contributed by atoms with E-state index in [0.717, 1.165) is 35.2 Å². The average molecular weight is 464 g/mol. The first-order chi connectivity index (χ1) is 15.4. The second-order valence-corrected chi connectivity index (χ2v) is 8.97. The van der Waals surface area contributed by atoms with Gasteiger partial charge in [0, 0.05) is 10.6 Å². The molecule has 1 heterocycles. The number of aromatic carboxylic acids is 1. The summed E-state index contributed by atoms with van der Waals surface area (Å²) in [6.45, 7) is 1.97. The van der Waals surface area contributed by atoms with E-state index in [1.54, 1.807) is 11.0 Å². The normalized spacial score (nSPS) is 16.5. The van der Waals surface area contributed by atoms with Crippen molar-refractivity contribution >= 4 is 58.1 Å². The highest BCUT2D eigenvalue weighted by atomic mass is 35.5. The van der Waals surface area contributed by atoms with Crippen LogP contribution in [0.4, 0.5) is 11.4 Å². The second kappa shape index (κ2) is 7.80. The summed E-state index contributed by atoms with van der Waals surface area (Å²) in [4.78, 5) is 26.6. The summed E-state index contributed by atoms with van der Waals surface area (Å²) >= 11 is 12.8. The third-order valence-corrected chi connectivity index (χ3v) is 6.67. The van der Waals surface area contributed by atoms with E-state index in [-0.39, 0.29) is 16.5 Å². The number of hydrogen-bond donors (Lipinski definition) is 1. The zero-order valence-corrected chi connectivity index (χ0v) is 18.7. The summed E-state index contributed by atoms with van der Waals surface area (Å²) in [7, 11) is 0. The maximum atomic E-state index is 13.7. The first-order valence-corrected chi connectivity index (χ1v) is 11.1. The van der Waals surface area contributed by atoms with E-state index in [1.807, 2.05) is 43.3 Å². The third kappa shape index (κ3) is 3.40. The van der Waals surface area contributed by atoms with E-state index in [9.17, 15) is 14.7 Å². The van der Waals surface area contributed by atoms with E-state index in [2.05, 4.69) is 6.07 Å². The van der Waals surface area contributed by atoms with Crippen LogP contribution in [0.25, 0.3) is 11.6 Å². The molecule has 1 aliphatic carbocycles. The molecule has 0 saturated heterocycles. The molecule has 0 unspecified atom stereocenters. The van der Waals surface area contributed by atoms with Crippen molar-refractivity contribution in [3.63, 3.8) is 0 Å². The van der Waals surface area contributed by atoms with Gasteiger partial charge in [-0.25, -0.2) is 4.79 Å². The maximum Gasteiger partial charge on any atom is 0.337 e. The molecular formula is C26H19Cl2NO3. The highest BCUT2D eigenvalue weighted by Crippen LogP contribution is 2.47. The zero-order valence-electron chi connectivity index (χ0n) is 17.2. The molecule has 0 bridgehead atoms. The van der Waals surface area contributed by atoms with Gasteiger partial charge in [-0.1, -0.05) is 47.5 Å². The molecule has 32 heavy (non-hydrogen) atoms. The highest BCUT2D eigenvalue weighted by Gasteiger charge is 2.36. The number of halogens is 2. The van der Waals surface area contributed by atoms with Crippen molar-refractivity contribution in [1.29, 1.82) is 0 Å². The summed E-state index contributed by atoms with van der Waals surface area (Å²) in [6, 6.07) is 16.2. The Kier molecular flexibility index (Phi) is 5.07. The zero-order chi connectivity index (χ0) is 22.6. The van der Waals surface area contributed by atoms with E-state index >= 15 is 0 Å². The van der Waals surface area contributed by atoms with Gasteiger partial charge >= 0.3 is 5.97 Å². The fraction of sp³-hybridized carbons (Fsp3) is 0.154. The predicted octanol–water partition coefficient (Wildman–Crippen LogP) is 7.10. The first-order valence-electron chi connectivity index (χ1n) is 10.3. The lowest BCUT2D eigenvalue weighted by Gasteiger charge is -2.18. The largest absolute Gasteiger partial charge is 0.478 e. The monoisotopic (exact) mass is 463 g/mol. The molecule has 0 aromatic heterocycles. The smallest absolute Gasteiger partial charge is 0.337 e. The van der Waals surface area contributed by atoms with Crippen LogP contribution >= 0.6 is 23.2 Å². The highest BCUT2D eigenvalue weighted by molar-refractivity contribution is 6.40. The molecule has 2 aliphatic rings. The summed E-state index contributed by atoms with van der Waals surface area (Å²) in [6.07, 6.45) is 4.15. The van der Waals surface area contributed by atoms with Crippen LogP contribution in [0.2, 0.25) is 10.0 Å². The Labute approximate surface area is 195 Å². The molecular weight excluding hydrogens is 445 g/mol. The third-order valence-electron chi connectivity index (χ3n) is 6.03. The number of nitrogens with zero attached hydrogens (tertiary/aromatic N) is 1. The van der Waals surface area contributed by atoms with Gasteiger partial charge < -0.3 is 5.11 Å². The molecule has 4 nitrogen and oxygen atoms in total. The molecule has 3 aromatic rings. The summed E-state index contributed by atoms with van der Waals surface area (Å²) in [5.74, 6) is -0.834. The number of fused-ring (bicyclic) bond motifs is 1. The minimum atomic E-state index is -1.11. The number of anilines is 2. The molecule has 1 saturated carbocycles. The number of benzene rings is 3. The number of carboxylic acids is 1. The minimum absolute atomic E-state index is 0.00700. The van der Waals surface area contributed by atoms with Gasteiger partial charge in [-0.2, -0.15) is 0 Å². The lowest BCUT2D eigenvalue weighted by Crippen LogP contribution is -2.20. The van der Waals surface area contributed by atoms with Crippen molar-refractivity contribution in [2.75, 3.05) is 4.90 Å². The number of hydrogen-bond acceptors (Lipinski definition) is 2. The van der Waals surface area contributed by atoms with Crippen LogP contribution in [-0.2, 0) is 4.79 Å². The van der Waals surface area contributed by atoms with Crippen LogP contribution in [0.5, 0.6) is 0 Å². The number of rotatable bonds is 4. The fourth-order valence-corrected chi connectivity index (χ4v) is 4.83. The van der Waals surface area contributed by atoms with Crippen LogP contribution in [0.15, 0.2) is 54.6 Å². The van der Waals surface area contributed by atoms with Gasteiger partial charge in [-0.15, -0.1) is 0 Å². The van der Waals surface area contributed by atoms with Crippen molar-refractivity contribution in [3.8, 4) is 0 Å². The molecule has 1 aliphatic heterocycles. The number of carboxylic acid groups (broad SMARTS) is 1. The van der Waals surface area contributed by atoms with Crippen LogP contribution in [-0.4, -0.2) is 17.0 Å². The van der Waals surface area contributed by atoms with Gasteiger partial charge in [0.25, 0.3) is 5.91 Å². The Hall–Kier alpha value is -3.08. The quantitative estimate of drug-likeness (QED) is 0.419. The molecule has 160 valence electrons. The lowest BCUT2D eigenvalue weighted by atomic mass is 9.96. The summed E-state index contributed by atoms with van der Waals surface area (Å²) in [5, 5.41) is 9.99. The summed E-state index contributed by atoms with van der Waals surface area (Å²) < 4.78 is 0. The van der Waals surface area contributed by atoms with Crippen molar-refractivity contribution in [1.82, 2.24) is 0 Å². The van der Waals surface area contributed by atoms with Gasteiger partial charge in [-0.05, 0) is 78.8 Å². The predicted molar refractivity (Wildman–Crippen MR) is 128 cm³/mol. The molecule has 0 atom stereocenters. The van der Waals surface area contributed by atoms with Crippen molar-refractivity contribution in [3.05, 3.63) is 92.5 Å². The number of carbonyl (C=O) groups excluding carboxylic acids is 1. The second-order valence-electron chi connectivity index (χ2n) is 8.15. The summed E-state index contributed by atoms with van der Waals surface area (Å²) in [5.41, 5.74) is 5.67. The van der Waals surface area contributed by atoms with Crippen molar-refractivity contribution < 1.29 is 14.7 Å². The SMILES string of the molecule is Cc1cccc2c1C(=Cc1c(Cl)cccc1C1CC1)C(=O)N2c1ccc(C(=O)O)c(Cl)c1. The number of carbonyl (C=O) groups is 2. The van der Waals surface area contributed by atoms with Gasteiger partial charge in [0.1, 0.15) is 0 Å². The maximum absolute atomic E-state index is 13.7. The Morgan fingerprint density at radius 3 is 2.50 bits per heavy atom. The van der Waals surface area contributed by atoms with Crippen LogP contribution in [0, 0.1) is 6.92 Å². The number of aryl methyl sites for hydroxylation is 1. The van der Waals surface area contributed by atoms with Gasteiger partial charge in [-0.3, -0.25) is 9.69 Å². The first kappa shape index (κ1) is 20.8. The number of amides is 1. The Balaban J connectivity index is 1.68. The standard InChI is InChI=1S/C26H19Cl2NO3/c1-14-4-2-7-23-24(14)20(13-19-17(15-8-9-15)5-3-6-21(19)27)25(30)29(23)16-10-11-18(26(31)32)22(28)12-16/h2-7,10-13,15H,8-9H2,1H3,(H,31,32). The Morgan fingerprint density at radius 2 is 1.81 bits per heavy atom. The van der Waals surface area contributed by atoms with E-state index in [4.69, 9.17) is 23.2 Å². The van der Waals surface area contributed by atoms with Crippen LogP contribution in [0.1, 0.15) is 51.4 Å². The van der Waals surface area contributed by atoms with E-state index in [0.29, 0.717) is 22.2 Å². The van der Waals surface area contributed by atoms with Crippen LogP contribution in [0.3, 0.4) is 0 Å². The van der Waals surface area contributed by atoms with Gasteiger partial charge in [0.15, 0.2) is 0 Å². The Bertz CT molecular complexity index is 1320. The lowest BCUT2D eigenvalue weighted by molar-refractivity contribution is -0.112. The van der Waals surface area contributed by atoms with Gasteiger partial charge in [0.2, 0.25) is 0 Å². The van der Waals surface area contributed by atoms with Crippen molar-refractivity contribution in [2.45, 2.75) is 25.7 Å². The molecule has 6 heteroatoms. The minimum Gasteiger partial charge on any atom is -0.478 e. The molecule has 5 rings (SSSR count). The van der Waals surface area contributed by atoms with Crippen molar-refractivity contribution in [2.24, 2.45) is 0 Å². The molecule has 1 N–H and O–H groups in total. The molecule has 1 fully saturated rings. The molecule has 3 aromatic carbocycles. The molecule has 0 spiro atoms. The molecule has 0 radical (unpaired) electrons. The fourth-order valence-electron chi connectivity index (χ4n) is 4.33. The van der Waals surface area contributed by atoms with E-state index in [1.165, 1.54) is 17.7 Å². The average Bonchev–Trinajstić information content (AvgIpc) is 3.54.